The van der Waals surface area contributed by atoms with Crippen molar-refractivity contribution in [2.75, 3.05) is 12.4 Å². The highest BCUT2D eigenvalue weighted by atomic mass is 35.5. The molecular formula is C19H19ClN2O4. The van der Waals surface area contributed by atoms with Crippen molar-refractivity contribution in [1.82, 2.24) is 5.32 Å². The Labute approximate surface area is 156 Å². The molecule has 1 atom stereocenters. The third-order valence-electron chi connectivity index (χ3n) is 3.63. The first-order valence-electron chi connectivity index (χ1n) is 7.90. The maximum absolute atomic E-state index is 12.6. The number of hydrogen-bond acceptors (Lipinski definition) is 4. The largest absolute Gasteiger partial charge is 0.467 e. The number of rotatable bonds is 6. The standard InChI is InChI=1S/C19H19ClN2O4/c1-12(23)21-16-6-4-3-5-15(16)18(24)22-17(19(25)26-2)11-13-7-9-14(20)10-8-13/h3-10,17H,11H2,1-2H3,(H,21,23)(H,22,24)/t17-/m1/s1. The zero-order valence-corrected chi connectivity index (χ0v) is 15.2. The highest BCUT2D eigenvalue weighted by molar-refractivity contribution is 6.30. The highest BCUT2D eigenvalue weighted by Crippen LogP contribution is 2.16. The quantitative estimate of drug-likeness (QED) is 0.761. The van der Waals surface area contributed by atoms with Crippen molar-refractivity contribution in [2.45, 2.75) is 19.4 Å². The van der Waals surface area contributed by atoms with E-state index in [1.807, 2.05) is 0 Å². The minimum Gasteiger partial charge on any atom is -0.467 e. The second-order valence-electron chi connectivity index (χ2n) is 5.61. The van der Waals surface area contributed by atoms with Crippen LogP contribution in [0.1, 0.15) is 22.8 Å². The van der Waals surface area contributed by atoms with Gasteiger partial charge < -0.3 is 15.4 Å². The molecule has 136 valence electrons. The highest BCUT2D eigenvalue weighted by Gasteiger charge is 2.24. The van der Waals surface area contributed by atoms with Crippen molar-refractivity contribution in [3.05, 3.63) is 64.7 Å². The molecular weight excluding hydrogens is 356 g/mol. The fourth-order valence-corrected chi connectivity index (χ4v) is 2.53. The Kier molecular flexibility index (Phi) is 6.74. The number of esters is 1. The third-order valence-corrected chi connectivity index (χ3v) is 3.88. The lowest BCUT2D eigenvalue weighted by atomic mass is 10.0. The second-order valence-corrected chi connectivity index (χ2v) is 6.04. The van der Waals surface area contributed by atoms with Crippen LogP contribution in [0.5, 0.6) is 0 Å². The summed E-state index contributed by atoms with van der Waals surface area (Å²) < 4.78 is 4.79. The van der Waals surface area contributed by atoms with Crippen LogP contribution >= 0.6 is 11.6 Å². The van der Waals surface area contributed by atoms with Crippen LogP contribution in [0.4, 0.5) is 5.69 Å². The zero-order chi connectivity index (χ0) is 19.1. The van der Waals surface area contributed by atoms with Crippen LogP contribution in [-0.2, 0) is 20.7 Å². The van der Waals surface area contributed by atoms with E-state index in [1.165, 1.54) is 14.0 Å². The molecule has 2 aromatic rings. The topological polar surface area (TPSA) is 84.5 Å². The summed E-state index contributed by atoms with van der Waals surface area (Å²) in [4.78, 5) is 36.0. The van der Waals surface area contributed by atoms with Gasteiger partial charge in [-0.1, -0.05) is 35.9 Å². The van der Waals surface area contributed by atoms with E-state index in [4.69, 9.17) is 16.3 Å². The van der Waals surface area contributed by atoms with Crippen molar-refractivity contribution >= 4 is 35.1 Å². The van der Waals surface area contributed by atoms with Crippen molar-refractivity contribution in [1.29, 1.82) is 0 Å². The molecule has 0 radical (unpaired) electrons. The van der Waals surface area contributed by atoms with Gasteiger partial charge in [0.05, 0.1) is 18.4 Å². The van der Waals surface area contributed by atoms with E-state index in [-0.39, 0.29) is 17.9 Å². The van der Waals surface area contributed by atoms with Crippen LogP contribution < -0.4 is 10.6 Å². The summed E-state index contributed by atoms with van der Waals surface area (Å²) in [5.74, 6) is -1.35. The maximum atomic E-state index is 12.6. The van der Waals surface area contributed by atoms with E-state index in [9.17, 15) is 14.4 Å². The van der Waals surface area contributed by atoms with Gasteiger partial charge in [-0.25, -0.2) is 4.79 Å². The number of benzene rings is 2. The van der Waals surface area contributed by atoms with Gasteiger partial charge in [0.1, 0.15) is 6.04 Å². The third kappa shape index (κ3) is 5.32. The maximum Gasteiger partial charge on any atom is 0.328 e. The lowest BCUT2D eigenvalue weighted by Gasteiger charge is -2.18. The Morgan fingerprint density at radius 2 is 1.73 bits per heavy atom. The van der Waals surface area contributed by atoms with E-state index in [1.54, 1.807) is 48.5 Å². The zero-order valence-electron chi connectivity index (χ0n) is 14.4. The van der Waals surface area contributed by atoms with Crippen LogP contribution in [-0.4, -0.2) is 30.9 Å². The molecule has 0 bridgehead atoms. The smallest absolute Gasteiger partial charge is 0.328 e. The summed E-state index contributed by atoms with van der Waals surface area (Å²) in [6.45, 7) is 1.35. The molecule has 7 heteroatoms. The molecule has 0 heterocycles. The Bertz CT molecular complexity index is 805. The van der Waals surface area contributed by atoms with Gasteiger partial charge in [0, 0.05) is 18.4 Å². The first kappa shape index (κ1) is 19.5. The minimum atomic E-state index is -0.876. The normalized spacial score (nSPS) is 11.3. The summed E-state index contributed by atoms with van der Waals surface area (Å²) in [5.41, 5.74) is 1.44. The lowest BCUT2D eigenvalue weighted by Crippen LogP contribution is -2.43. The monoisotopic (exact) mass is 374 g/mol. The molecule has 2 aromatic carbocycles. The summed E-state index contributed by atoms with van der Waals surface area (Å²) >= 11 is 5.87. The number of nitrogens with one attached hydrogen (secondary N) is 2. The van der Waals surface area contributed by atoms with Crippen LogP contribution in [0.25, 0.3) is 0 Å². The van der Waals surface area contributed by atoms with E-state index < -0.39 is 17.9 Å². The fraction of sp³-hybridized carbons (Fsp3) is 0.211. The molecule has 0 unspecified atom stereocenters. The van der Waals surface area contributed by atoms with E-state index in [0.29, 0.717) is 10.7 Å². The summed E-state index contributed by atoms with van der Waals surface area (Å²) in [7, 11) is 1.26. The van der Waals surface area contributed by atoms with Crippen molar-refractivity contribution in [2.24, 2.45) is 0 Å². The Morgan fingerprint density at radius 3 is 2.35 bits per heavy atom. The molecule has 0 spiro atoms. The summed E-state index contributed by atoms with van der Waals surface area (Å²) in [6.07, 6.45) is 0.248. The minimum absolute atomic E-state index is 0.248. The summed E-state index contributed by atoms with van der Waals surface area (Å²) in [5, 5.41) is 5.84. The molecule has 0 aliphatic rings. The predicted molar refractivity (Wildman–Crippen MR) is 99.2 cm³/mol. The van der Waals surface area contributed by atoms with E-state index in [2.05, 4.69) is 10.6 Å². The Morgan fingerprint density at radius 1 is 1.08 bits per heavy atom. The Balaban J connectivity index is 2.20. The average Bonchev–Trinajstić information content (AvgIpc) is 2.62. The van der Waals surface area contributed by atoms with Crippen LogP contribution in [0, 0.1) is 0 Å². The van der Waals surface area contributed by atoms with Gasteiger partial charge in [0.2, 0.25) is 5.91 Å². The molecule has 0 saturated heterocycles. The second kappa shape index (κ2) is 9.01. The van der Waals surface area contributed by atoms with Crippen LogP contribution in [0.2, 0.25) is 5.02 Å². The number of para-hydroxylation sites is 1. The van der Waals surface area contributed by atoms with Crippen molar-refractivity contribution in [3.63, 3.8) is 0 Å². The molecule has 26 heavy (non-hydrogen) atoms. The molecule has 0 aliphatic heterocycles. The van der Waals surface area contributed by atoms with Gasteiger partial charge in [-0.2, -0.15) is 0 Å². The van der Waals surface area contributed by atoms with Gasteiger partial charge >= 0.3 is 5.97 Å². The van der Waals surface area contributed by atoms with Crippen molar-refractivity contribution in [3.8, 4) is 0 Å². The molecule has 2 rings (SSSR count). The van der Waals surface area contributed by atoms with Gasteiger partial charge in [0.15, 0.2) is 0 Å². The molecule has 6 nitrogen and oxygen atoms in total. The average molecular weight is 375 g/mol. The number of carbonyl (C=O) groups is 3. The van der Waals surface area contributed by atoms with Crippen LogP contribution in [0.15, 0.2) is 48.5 Å². The number of ether oxygens (including phenoxy) is 1. The van der Waals surface area contributed by atoms with Gasteiger partial charge in [0.25, 0.3) is 5.91 Å². The molecule has 0 aliphatic carbocycles. The number of anilines is 1. The van der Waals surface area contributed by atoms with Gasteiger partial charge in [-0.05, 0) is 29.8 Å². The van der Waals surface area contributed by atoms with E-state index in [0.717, 1.165) is 5.56 Å². The van der Waals surface area contributed by atoms with Crippen molar-refractivity contribution < 1.29 is 19.1 Å². The molecule has 0 saturated carbocycles. The SMILES string of the molecule is COC(=O)[C@@H](Cc1ccc(Cl)cc1)NC(=O)c1ccccc1NC(C)=O. The number of hydrogen-bond donors (Lipinski definition) is 2. The fourth-order valence-electron chi connectivity index (χ4n) is 2.41. The van der Waals surface area contributed by atoms with Gasteiger partial charge in [-0.3, -0.25) is 9.59 Å². The summed E-state index contributed by atoms with van der Waals surface area (Å²) in [6, 6.07) is 12.6. The van der Waals surface area contributed by atoms with E-state index >= 15 is 0 Å². The first-order valence-corrected chi connectivity index (χ1v) is 8.28. The number of amides is 2. The predicted octanol–water partition coefficient (Wildman–Crippen LogP) is 2.81. The Hall–Kier alpha value is -2.86. The van der Waals surface area contributed by atoms with Crippen LogP contribution in [0.3, 0.4) is 0 Å². The van der Waals surface area contributed by atoms with Gasteiger partial charge in [-0.15, -0.1) is 0 Å². The molecule has 0 aromatic heterocycles. The number of methoxy groups -OCH3 is 1. The molecule has 2 N–H and O–H groups in total. The lowest BCUT2D eigenvalue weighted by molar-refractivity contribution is -0.142. The number of halogens is 1. The molecule has 0 fully saturated rings. The number of carbonyl (C=O) groups excluding carboxylic acids is 3. The molecule has 2 amide bonds. The first-order chi connectivity index (χ1) is 12.4.